The summed E-state index contributed by atoms with van der Waals surface area (Å²) in [7, 11) is 0. The number of rotatable bonds is 5. The average Bonchev–Trinajstić information content (AvgIpc) is 3.65. The van der Waals surface area contributed by atoms with Crippen LogP contribution < -0.4 is 10.2 Å². The van der Waals surface area contributed by atoms with Gasteiger partial charge in [-0.2, -0.15) is 18.3 Å². The monoisotopic (exact) mass is 510 g/mol. The van der Waals surface area contributed by atoms with Gasteiger partial charge < -0.3 is 10.2 Å². The Labute approximate surface area is 211 Å². The lowest BCUT2D eigenvalue weighted by Gasteiger charge is -2.20. The molecular formula is C27H26F4N6. The second kappa shape index (κ2) is 9.32. The molecule has 1 saturated carbocycles. The highest BCUT2D eigenvalue weighted by atomic mass is 19.4. The van der Waals surface area contributed by atoms with E-state index < -0.39 is 17.6 Å². The molecule has 4 heterocycles. The lowest BCUT2D eigenvalue weighted by molar-refractivity contribution is -0.137. The van der Waals surface area contributed by atoms with Crippen LogP contribution in [0.5, 0.6) is 0 Å². The smallest absolute Gasteiger partial charge is 0.367 e. The minimum absolute atomic E-state index is 0.0607. The zero-order chi connectivity index (χ0) is 25.6. The van der Waals surface area contributed by atoms with Crippen molar-refractivity contribution in [2.75, 3.05) is 23.3 Å². The van der Waals surface area contributed by atoms with Crippen molar-refractivity contribution in [1.29, 1.82) is 0 Å². The third kappa shape index (κ3) is 4.49. The van der Waals surface area contributed by atoms with Crippen LogP contribution in [-0.4, -0.2) is 38.7 Å². The zero-order valence-corrected chi connectivity index (χ0v) is 20.1. The molecule has 6 nitrogen and oxygen atoms in total. The largest absolute Gasteiger partial charge is 0.419 e. The van der Waals surface area contributed by atoms with Crippen LogP contribution in [0.1, 0.15) is 44.1 Å². The zero-order valence-electron chi connectivity index (χ0n) is 20.1. The SMILES string of the molecule is Fc1ccc(-c2nn3c(NC4CCCC4)c(C(F)(F)F)ccc3c2-c2ccnc(N3CCCC3)n2)cc1. The summed E-state index contributed by atoms with van der Waals surface area (Å²) in [5, 5.41) is 7.84. The van der Waals surface area contributed by atoms with E-state index in [0.717, 1.165) is 57.7 Å². The number of anilines is 2. The van der Waals surface area contributed by atoms with Gasteiger partial charge >= 0.3 is 6.18 Å². The highest BCUT2D eigenvalue weighted by Gasteiger charge is 2.37. The number of hydrogen-bond acceptors (Lipinski definition) is 5. The molecule has 1 saturated heterocycles. The molecule has 1 aliphatic carbocycles. The van der Waals surface area contributed by atoms with Gasteiger partial charge in [-0.1, -0.05) is 12.8 Å². The first-order chi connectivity index (χ1) is 17.9. The average molecular weight is 511 g/mol. The first kappa shape index (κ1) is 23.7. The van der Waals surface area contributed by atoms with Gasteiger partial charge in [0.05, 0.1) is 22.3 Å². The lowest BCUT2D eigenvalue weighted by atomic mass is 10.0. The molecule has 0 amide bonds. The van der Waals surface area contributed by atoms with E-state index in [1.165, 1.54) is 22.7 Å². The number of fused-ring (bicyclic) bond motifs is 1. The Morgan fingerprint density at radius 1 is 0.892 bits per heavy atom. The number of aromatic nitrogens is 4. The molecule has 1 N–H and O–H groups in total. The number of benzene rings is 1. The van der Waals surface area contributed by atoms with E-state index in [2.05, 4.69) is 15.2 Å². The number of halogens is 4. The minimum atomic E-state index is -4.56. The number of nitrogens with zero attached hydrogens (tertiary/aromatic N) is 5. The van der Waals surface area contributed by atoms with Crippen molar-refractivity contribution >= 4 is 17.3 Å². The summed E-state index contributed by atoms with van der Waals surface area (Å²) in [5.74, 6) is 0.0892. The van der Waals surface area contributed by atoms with Crippen LogP contribution >= 0.6 is 0 Å². The molecule has 1 aliphatic heterocycles. The van der Waals surface area contributed by atoms with Crippen molar-refractivity contribution in [3.8, 4) is 22.5 Å². The summed E-state index contributed by atoms with van der Waals surface area (Å²) < 4.78 is 57.5. The van der Waals surface area contributed by atoms with Crippen LogP contribution in [0, 0.1) is 5.82 Å². The van der Waals surface area contributed by atoms with Crippen molar-refractivity contribution in [3.63, 3.8) is 0 Å². The number of nitrogens with one attached hydrogen (secondary N) is 1. The second-order valence-electron chi connectivity index (χ2n) is 9.68. The number of alkyl halides is 3. The Morgan fingerprint density at radius 2 is 1.62 bits per heavy atom. The van der Waals surface area contributed by atoms with Crippen molar-refractivity contribution in [1.82, 2.24) is 19.6 Å². The van der Waals surface area contributed by atoms with Gasteiger partial charge in [0.1, 0.15) is 17.3 Å². The van der Waals surface area contributed by atoms with E-state index in [1.54, 1.807) is 24.4 Å². The van der Waals surface area contributed by atoms with Gasteiger partial charge in [-0.05, 0) is 68.1 Å². The number of pyridine rings is 1. The number of hydrogen-bond donors (Lipinski definition) is 1. The van der Waals surface area contributed by atoms with E-state index >= 15 is 0 Å². The maximum absolute atomic E-state index is 14.1. The highest BCUT2D eigenvalue weighted by Crippen LogP contribution is 2.41. The topological polar surface area (TPSA) is 58.4 Å². The summed E-state index contributed by atoms with van der Waals surface area (Å²) in [4.78, 5) is 11.3. The minimum Gasteiger partial charge on any atom is -0.367 e. The summed E-state index contributed by atoms with van der Waals surface area (Å²) in [5.41, 5.74) is 1.86. The predicted molar refractivity (Wildman–Crippen MR) is 134 cm³/mol. The summed E-state index contributed by atoms with van der Waals surface area (Å²) in [6.45, 7) is 1.71. The van der Waals surface area contributed by atoms with Crippen LogP contribution in [0.25, 0.3) is 28.0 Å². The lowest BCUT2D eigenvalue weighted by Crippen LogP contribution is -2.21. The van der Waals surface area contributed by atoms with Gasteiger partial charge in [0.2, 0.25) is 5.95 Å². The van der Waals surface area contributed by atoms with Crippen molar-refractivity contribution in [2.24, 2.45) is 0 Å². The first-order valence-corrected chi connectivity index (χ1v) is 12.6. The quantitative estimate of drug-likeness (QED) is 0.308. The third-order valence-corrected chi connectivity index (χ3v) is 7.20. The summed E-state index contributed by atoms with van der Waals surface area (Å²) in [6.07, 6.45) is 2.77. The van der Waals surface area contributed by atoms with Crippen molar-refractivity contribution in [2.45, 2.75) is 50.7 Å². The molecule has 0 radical (unpaired) electrons. The van der Waals surface area contributed by atoms with E-state index in [9.17, 15) is 17.6 Å². The molecule has 0 atom stereocenters. The van der Waals surface area contributed by atoms with Crippen LogP contribution in [0.3, 0.4) is 0 Å². The normalized spacial score (nSPS) is 16.7. The van der Waals surface area contributed by atoms with Crippen LogP contribution in [0.15, 0.2) is 48.7 Å². The Hall–Kier alpha value is -3.69. The van der Waals surface area contributed by atoms with E-state index in [-0.39, 0.29) is 11.9 Å². The van der Waals surface area contributed by atoms with Crippen molar-refractivity contribution in [3.05, 3.63) is 60.0 Å². The molecule has 4 aromatic rings. The molecule has 6 rings (SSSR count). The summed E-state index contributed by atoms with van der Waals surface area (Å²) in [6, 6.07) is 10.0. The maximum atomic E-state index is 14.1. The van der Waals surface area contributed by atoms with E-state index in [0.29, 0.717) is 34.0 Å². The molecule has 1 aromatic carbocycles. The van der Waals surface area contributed by atoms with Crippen molar-refractivity contribution < 1.29 is 17.6 Å². The Kier molecular flexibility index (Phi) is 5.97. The Bertz CT molecular complexity index is 1420. The molecule has 2 fully saturated rings. The molecular weight excluding hydrogens is 484 g/mol. The Balaban J connectivity index is 1.59. The Morgan fingerprint density at radius 3 is 2.32 bits per heavy atom. The first-order valence-electron chi connectivity index (χ1n) is 12.6. The fraction of sp³-hybridized carbons (Fsp3) is 0.370. The second-order valence-corrected chi connectivity index (χ2v) is 9.68. The molecule has 10 heteroatoms. The van der Waals surface area contributed by atoms with Gasteiger partial charge in [0.25, 0.3) is 0 Å². The molecule has 0 unspecified atom stereocenters. The highest BCUT2D eigenvalue weighted by molar-refractivity contribution is 5.92. The van der Waals surface area contributed by atoms with E-state index in [1.807, 2.05) is 0 Å². The fourth-order valence-electron chi connectivity index (χ4n) is 5.36. The van der Waals surface area contributed by atoms with Crippen LogP contribution in [-0.2, 0) is 6.18 Å². The fourth-order valence-corrected chi connectivity index (χ4v) is 5.36. The van der Waals surface area contributed by atoms with Crippen LogP contribution in [0.4, 0.5) is 29.3 Å². The van der Waals surface area contributed by atoms with Gasteiger partial charge in [0, 0.05) is 30.9 Å². The van der Waals surface area contributed by atoms with Gasteiger partial charge in [-0.15, -0.1) is 0 Å². The molecule has 0 bridgehead atoms. The predicted octanol–water partition coefficient (Wildman–Crippen LogP) is 6.57. The van der Waals surface area contributed by atoms with E-state index in [4.69, 9.17) is 10.1 Å². The van der Waals surface area contributed by atoms with Gasteiger partial charge in [-0.3, -0.25) is 0 Å². The van der Waals surface area contributed by atoms with Crippen LogP contribution in [0.2, 0.25) is 0 Å². The standard InChI is InChI=1S/C27H26F4N6/c28-18-9-7-17(8-10-18)24-23(21-13-14-32-26(34-21)36-15-3-4-16-36)22-12-11-20(27(29,30)31)25(37(22)35-24)33-19-5-1-2-6-19/h7-14,19,33H,1-6,15-16H2. The summed E-state index contributed by atoms with van der Waals surface area (Å²) >= 11 is 0. The third-order valence-electron chi connectivity index (χ3n) is 7.20. The van der Waals surface area contributed by atoms with Gasteiger partial charge in [-0.25, -0.2) is 18.9 Å². The molecule has 2 aliphatic rings. The molecule has 192 valence electrons. The van der Waals surface area contributed by atoms with Gasteiger partial charge in [0.15, 0.2) is 0 Å². The molecule has 3 aromatic heterocycles. The molecule has 0 spiro atoms. The molecule has 37 heavy (non-hydrogen) atoms. The maximum Gasteiger partial charge on any atom is 0.419 e.